The number of allylic oxidation sites excluding steroid dienone is 1. The average Bonchev–Trinajstić information content (AvgIpc) is 3.31. The molecular weight excluding hydrogens is 349 g/mol. The zero-order chi connectivity index (χ0) is 20.4. The first-order chi connectivity index (χ1) is 12.8. The molecule has 8 heteroatoms. The van der Waals surface area contributed by atoms with Crippen molar-refractivity contribution in [2.75, 3.05) is 13.2 Å². The van der Waals surface area contributed by atoms with Crippen LogP contribution in [-0.2, 0) is 16.0 Å². The van der Waals surface area contributed by atoms with E-state index in [0.717, 1.165) is 37.0 Å². The number of nitrogens with one attached hydrogen (secondary N) is 2. The fourth-order valence-electron chi connectivity index (χ4n) is 2.42. The van der Waals surface area contributed by atoms with Gasteiger partial charge < -0.3 is 16.2 Å². The number of amides is 1. The minimum atomic E-state index is -0.746. The van der Waals surface area contributed by atoms with Crippen LogP contribution in [0.15, 0.2) is 35.7 Å². The number of hydrogen-bond acceptors (Lipinski definition) is 6. The van der Waals surface area contributed by atoms with Gasteiger partial charge in [0.1, 0.15) is 11.5 Å². The second kappa shape index (κ2) is 11.3. The van der Waals surface area contributed by atoms with Crippen molar-refractivity contribution < 1.29 is 13.9 Å². The molecule has 0 aromatic heterocycles. The predicted octanol–water partition coefficient (Wildman–Crippen LogP) is 1.58. The van der Waals surface area contributed by atoms with E-state index >= 15 is 0 Å². The topological polar surface area (TPSA) is 140 Å². The van der Waals surface area contributed by atoms with E-state index in [0.29, 0.717) is 12.1 Å². The highest BCUT2D eigenvalue weighted by molar-refractivity contribution is 6.43. The third-order valence-corrected chi connectivity index (χ3v) is 4.43. The molecule has 3 rings (SSSR count). The molecule has 1 aromatic carbocycles. The van der Waals surface area contributed by atoms with Crippen LogP contribution >= 0.6 is 0 Å². The van der Waals surface area contributed by atoms with Crippen molar-refractivity contribution in [2.24, 2.45) is 29.1 Å². The smallest absolute Gasteiger partial charge is 0.285 e. The van der Waals surface area contributed by atoms with Crippen LogP contribution < -0.4 is 22.7 Å². The number of halogens is 1. The summed E-state index contributed by atoms with van der Waals surface area (Å²) in [6, 6.07) is 6.84. The molecular formula is C19H30FN5O2. The molecule has 27 heavy (non-hydrogen) atoms. The van der Waals surface area contributed by atoms with Crippen molar-refractivity contribution in [3.63, 3.8) is 0 Å². The molecule has 1 saturated carbocycles. The lowest BCUT2D eigenvalue weighted by Gasteiger charge is -2.05. The number of hydrogen-bond donors (Lipinski definition) is 5. The Morgan fingerprint density at radius 2 is 1.85 bits per heavy atom. The lowest BCUT2D eigenvalue weighted by atomic mass is 10.2. The summed E-state index contributed by atoms with van der Waals surface area (Å²) in [6.07, 6.45) is 2.72. The van der Waals surface area contributed by atoms with Crippen LogP contribution in [0.3, 0.4) is 0 Å². The summed E-state index contributed by atoms with van der Waals surface area (Å²) < 4.78 is 17.7. The van der Waals surface area contributed by atoms with Gasteiger partial charge in [-0.1, -0.05) is 32.0 Å². The zero-order valence-electron chi connectivity index (χ0n) is 15.9. The molecule has 1 aliphatic carbocycles. The van der Waals surface area contributed by atoms with E-state index in [1.54, 1.807) is 24.5 Å². The summed E-state index contributed by atoms with van der Waals surface area (Å²) >= 11 is 0. The van der Waals surface area contributed by atoms with Crippen LogP contribution in [-0.4, -0.2) is 24.8 Å². The second-order valence-electron chi connectivity index (χ2n) is 6.38. The van der Waals surface area contributed by atoms with Gasteiger partial charge in [0.15, 0.2) is 0 Å². The van der Waals surface area contributed by atoms with Crippen LogP contribution in [0.25, 0.3) is 0 Å². The van der Waals surface area contributed by atoms with Crippen molar-refractivity contribution in [1.29, 1.82) is 5.41 Å². The molecule has 0 spiro atoms. The van der Waals surface area contributed by atoms with Crippen molar-refractivity contribution in [1.82, 2.24) is 5.43 Å². The van der Waals surface area contributed by atoms with E-state index in [9.17, 15) is 9.18 Å². The summed E-state index contributed by atoms with van der Waals surface area (Å²) in [6.45, 7) is 5.84. The molecule has 7 nitrogen and oxygen atoms in total. The number of aryl methyl sites for hydroxylation is 1. The van der Waals surface area contributed by atoms with Crippen LogP contribution in [0.4, 0.5) is 4.39 Å². The van der Waals surface area contributed by atoms with Gasteiger partial charge in [0.25, 0.3) is 5.91 Å². The fourth-order valence-corrected chi connectivity index (χ4v) is 2.42. The average molecular weight is 379 g/mol. The van der Waals surface area contributed by atoms with Crippen molar-refractivity contribution in [2.45, 2.75) is 33.1 Å². The Morgan fingerprint density at radius 1 is 1.26 bits per heavy atom. The van der Waals surface area contributed by atoms with Gasteiger partial charge in [-0.05, 0) is 42.7 Å². The normalized spacial score (nSPS) is 20.0. The monoisotopic (exact) mass is 379 g/mol. The molecule has 2 aliphatic rings. The van der Waals surface area contributed by atoms with Gasteiger partial charge in [0.2, 0.25) is 0 Å². The maximum Gasteiger partial charge on any atom is 0.285 e. The van der Waals surface area contributed by atoms with Crippen LogP contribution in [0, 0.1) is 23.1 Å². The summed E-state index contributed by atoms with van der Waals surface area (Å²) in [5.41, 5.74) is 13.2. The van der Waals surface area contributed by atoms with Crippen molar-refractivity contribution >= 4 is 11.6 Å². The second-order valence-corrected chi connectivity index (χ2v) is 6.38. The van der Waals surface area contributed by atoms with Gasteiger partial charge >= 0.3 is 0 Å². The highest BCUT2D eigenvalue weighted by atomic mass is 19.1. The first-order valence-electron chi connectivity index (χ1n) is 9.00. The Hall–Kier alpha value is -2.45. The molecule has 1 saturated heterocycles. The number of benzene rings is 1. The first kappa shape index (κ1) is 22.6. The number of hydrazine groups is 1. The highest BCUT2D eigenvalue weighted by Gasteiger charge is 2.41. The largest absolute Gasteiger partial charge is 0.400 e. The van der Waals surface area contributed by atoms with E-state index in [1.165, 1.54) is 12.5 Å². The SMILES string of the molecule is C1OCC2CC12.CC/C(N)=C(/N)C(=N)C(=O)NN.CCc1ccccc1F. The summed E-state index contributed by atoms with van der Waals surface area (Å²) in [4.78, 5) is 10.7. The number of rotatable bonds is 4. The van der Waals surface area contributed by atoms with Gasteiger partial charge in [-0.3, -0.25) is 15.6 Å². The third kappa shape index (κ3) is 7.36. The Bertz CT molecular complexity index is 670. The standard InChI is InChI=1S/C8H9F.C6H13N5O.C5H8O/c1-2-7-5-3-4-6-8(7)9;1-2-3(7)4(8)5(9)6(12)11-10;1-4-2-6-3-5(1)4/h3-6H,2H2,1H3;9H,2,7-8,10H2,1H3,(H,11,12);4-5H,1-3H2/b;4-3-,9-5?;. The molecule has 1 heterocycles. The molecule has 8 N–H and O–H groups in total. The lowest BCUT2D eigenvalue weighted by molar-refractivity contribution is -0.114. The molecule has 2 fully saturated rings. The Labute approximate surface area is 159 Å². The third-order valence-electron chi connectivity index (χ3n) is 4.43. The van der Waals surface area contributed by atoms with E-state index in [-0.39, 0.29) is 11.5 Å². The van der Waals surface area contributed by atoms with Crippen molar-refractivity contribution in [3.05, 3.63) is 47.0 Å². The Kier molecular flexibility index (Phi) is 9.46. The summed E-state index contributed by atoms with van der Waals surface area (Å²) in [7, 11) is 0. The molecule has 1 amide bonds. The van der Waals surface area contributed by atoms with Crippen LogP contribution in [0.2, 0.25) is 0 Å². The van der Waals surface area contributed by atoms with Crippen molar-refractivity contribution in [3.8, 4) is 0 Å². The minimum Gasteiger partial charge on any atom is -0.400 e. The molecule has 2 unspecified atom stereocenters. The summed E-state index contributed by atoms with van der Waals surface area (Å²) in [5.74, 6) is 5.93. The molecule has 0 radical (unpaired) electrons. The first-order valence-corrected chi connectivity index (χ1v) is 9.00. The minimum absolute atomic E-state index is 0.0274. The molecule has 1 aliphatic heterocycles. The van der Waals surface area contributed by atoms with E-state index in [4.69, 9.17) is 27.5 Å². The van der Waals surface area contributed by atoms with Gasteiger partial charge in [0, 0.05) is 18.9 Å². The number of carbonyl (C=O) groups is 1. The number of ether oxygens (including phenoxy) is 1. The Balaban J connectivity index is 0.000000211. The Morgan fingerprint density at radius 3 is 2.19 bits per heavy atom. The number of nitrogens with two attached hydrogens (primary N) is 3. The number of fused-ring (bicyclic) bond motifs is 1. The van der Waals surface area contributed by atoms with E-state index < -0.39 is 11.6 Å². The summed E-state index contributed by atoms with van der Waals surface area (Å²) in [5, 5.41) is 7.18. The van der Waals surface area contributed by atoms with Gasteiger partial charge in [-0.2, -0.15) is 0 Å². The predicted molar refractivity (Wildman–Crippen MR) is 104 cm³/mol. The fraction of sp³-hybridized carbons (Fsp3) is 0.474. The maximum absolute atomic E-state index is 12.6. The highest BCUT2D eigenvalue weighted by Crippen LogP contribution is 2.43. The van der Waals surface area contributed by atoms with Crippen LogP contribution in [0.5, 0.6) is 0 Å². The molecule has 150 valence electrons. The quantitative estimate of drug-likeness (QED) is 0.234. The van der Waals surface area contributed by atoms with E-state index in [1.807, 2.05) is 13.0 Å². The van der Waals surface area contributed by atoms with Gasteiger partial charge in [-0.25, -0.2) is 10.2 Å². The number of carbonyl (C=O) groups excluding carboxylic acids is 1. The van der Waals surface area contributed by atoms with Gasteiger partial charge in [0.05, 0.1) is 5.70 Å². The maximum atomic E-state index is 12.6. The molecule has 2 atom stereocenters. The van der Waals surface area contributed by atoms with Crippen LogP contribution in [0.1, 0.15) is 32.3 Å². The van der Waals surface area contributed by atoms with E-state index in [2.05, 4.69) is 0 Å². The molecule has 0 bridgehead atoms. The molecule has 1 aromatic rings. The lowest BCUT2D eigenvalue weighted by Crippen LogP contribution is -2.39. The van der Waals surface area contributed by atoms with Gasteiger partial charge in [-0.15, -0.1) is 0 Å². The zero-order valence-corrected chi connectivity index (χ0v) is 15.9.